The number of Topliss-reactive ketones (excluding diaryl/α,β-unsaturated/α-hetero) is 1. The van der Waals surface area contributed by atoms with E-state index in [1.807, 2.05) is 12.1 Å². The fourth-order valence-corrected chi connectivity index (χ4v) is 8.31. The standard InChI is InChI=1S/C57H70Cl2N8O14/c1-55(2,3)79-52(74)62-26-12-11-13-39(63-47(69)34-17-15-32(16-18-34)33-19-22-36(59)23-20-33)51(73)67(10)44-35-21-25-43(78-54(76)81-57(7,8)9)38(29-35)37-27-31(14-24-42(37)77-53(75)80-56(4,5)6)28-40(48(70)65-45(60)41(68)30-58)64-50(72)46(61)66-49(44)71/h14-25,27,29,39-40,44-46H,11-13,26,28,30,60-61H2,1-10H3,(H,62,74)(H,63,69)(H,64,72)(H,65,70)(H,66,71)/t39-,40-,44-,45+,46+/m0/s1. The second kappa shape index (κ2) is 27.6. The third kappa shape index (κ3) is 19.5. The van der Waals surface area contributed by atoms with Crippen molar-refractivity contribution in [3.63, 3.8) is 0 Å². The summed E-state index contributed by atoms with van der Waals surface area (Å²) < 4.78 is 27.9. The van der Waals surface area contributed by atoms with Gasteiger partial charge in [0.2, 0.25) is 17.7 Å². The number of fused-ring (bicyclic) bond motifs is 5. The summed E-state index contributed by atoms with van der Waals surface area (Å²) in [6.07, 6.45) is -6.29. The zero-order valence-electron chi connectivity index (χ0n) is 46.8. The SMILES string of the molecule is CN(C(=O)[C@H](CCCCNC(=O)OC(C)(C)C)NC(=O)c1ccc(-c2ccc(Cl)cc2)cc1)[C@@H]1C(=O)N[C@@H](N)C(=O)N[C@H](C(=O)N[C@@H](N)C(=O)CCl)Cc2ccc(OC(=O)OC(C)(C)C)c(c2)-c2cc1ccc2OC(=O)OC(C)(C)C. The second-order valence-electron chi connectivity index (χ2n) is 21.9. The van der Waals surface area contributed by atoms with Crippen molar-refractivity contribution < 1.29 is 66.8 Å². The number of ether oxygens (including phenoxy) is 5. The van der Waals surface area contributed by atoms with Crippen molar-refractivity contribution in [2.45, 2.75) is 135 Å². The number of hydrogen-bond donors (Lipinski definition) is 7. The lowest BCUT2D eigenvalue weighted by atomic mass is 9.93. The molecule has 436 valence electrons. The molecule has 5 atom stereocenters. The summed E-state index contributed by atoms with van der Waals surface area (Å²) in [5.41, 5.74) is 11.5. The van der Waals surface area contributed by atoms with Gasteiger partial charge in [-0.05, 0) is 152 Å². The molecule has 1 aliphatic heterocycles. The molecule has 1 heterocycles. The largest absolute Gasteiger partial charge is 0.514 e. The lowest BCUT2D eigenvalue weighted by Gasteiger charge is -2.32. The van der Waals surface area contributed by atoms with E-state index in [0.29, 0.717) is 11.4 Å². The molecule has 4 aromatic rings. The van der Waals surface area contributed by atoms with E-state index in [-0.39, 0.29) is 65.1 Å². The minimum atomic E-state index is -1.90. The minimum Gasteiger partial charge on any atom is -0.444 e. The van der Waals surface area contributed by atoms with Crippen molar-refractivity contribution in [3.8, 4) is 33.8 Å². The van der Waals surface area contributed by atoms with Gasteiger partial charge in [0, 0.05) is 41.7 Å². The number of hydrogen-bond acceptors (Lipinski definition) is 16. The first kappa shape index (κ1) is 64.0. The van der Waals surface area contributed by atoms with Crippen molar-refractivity contribution in [3.05, 3.63) is 107 Å². The summed E-state index contributed by atoms with van der Waals surface area (Å²) in [4.78, 5) is 125. The molecule has 4 bridgehead atoms. The van der Waals surface area contributed by atoms with Crippen molar-refractivity contribution in [2.75, 3.05) is 19.5 Å². The number of alkyl halides is 1. The number of unbranched alkanes of at least 4 members (excludes halogenated alkanes) is 1. The Morgan fingerprint density at radius 2 is 1.25 bits per heavy atom. The number of halogens is 2. The number of likely N-dealkylation sites (N-methyl/N-ethyl adjacent to an activating group) is 1. The molecule has 0 radical (unpaired) electrons. The first-order valence-electron chi connectivity index (χ1n) is 25.8. The smallest absolute Gasteiger partial charge is 0.444 e. The van der Waals surface area contributed by atoms with Crippen LogP contribution in [0, 0.1) is 0 Å². The van der Waals surface area contributed by atoms with Gasteiger partial charge in [0.15, 0.2) is 11.9 Å². The predicted molar refractivity (Wildman–Crippen MR) is 301 cm³/mol. The number of nitrogens with zero attached hydrogens (tertiary/aromatic N) is 1. The first-order chi connectivity index (χ1) is 37.8. The highest BCUT2D eigenvalue weighted by Gasteiger charge is 2.37. The Morgan fingerprint density at radius 1 is 0.704 bits per heavy atom. The Kier molecular flexibility index (Phi) is 21.8. The maximum Gasteiger partial charge on any atom is 0.514 e. The summed E-state index contributed by atoms with van der Waals surface area (Å²) >= 11 is 11.8. The van der Waals surface area contributed by atoms with Crippen LogP contribution in [0.4, 0.5) is 14.4 Å². The van der Waals surface area contributed by atoms with Gasteiger partial charge < -0.3 is 66.6 Å². The van der Waals surface area contributed by atoms with E-state index in [9.17, 15) is 38.4 Å². The van der Waals surface area contributed by atoms with Crippen LogP contribution in [0.2, 0.25) is 5.02 Å². The van der Waals surface area contributed by atoms with Crippen LogP contribution < -0.4 is 47.5 Å². The molecular weight excluding hydrogens is 1090 g/mol. The first-order valence-corrected chi connectivity index (χ1v) is 26.7. The number of nitrogens with two attached hydrogens (primary N) is 2. The molecule has 9 N–H and O–H groups in total. The normalized spacial score (nSPS) is 16.3. The van der Waals surface area contributed by atoms with E-state index in [2.05, 4.69) is 26.6 Å². The maximum absolute atomic E-state index is 15.2. The van der Waals surface area contributed by atoms with E-state index < -0.39 is 107 Å². The number of amides is 6. The van der Waals surface area contributed by atoms with Gasteiger partial charge in [0.1, 0.15) is 52.6 Å². The molecule has 0 fully saturated rings. The highest BCUT2D eigenvalue weighted by Crippen LogP contribution is 2.41. The molecule has 4 aromatic carbocycles. The van der Waals surface area contributed by atoms with Gasteiger partial charge in [0.05, 0.1) is 5.88 Å². The van der Waals surface area contributed by atoms with Crippen LogP contribution in [0.3, 0.4) is 0 Å². The van der Waals surface area contributed by atoms with Crippen molar-refractivity contribution in [1.82, 2.24) is 31.5 Å². The summed E-state index contributed by atoms with van der Waals surface area (Å²) in [6.45, 7) is 14.9. The molecule has 0 saturated carbocycles. The number of benzene rings is 4. The van der Waals surface area contributed by atoms with Crippen LogP contribution in [-0.4, -0.2) is 119 Å². The molecule has 6 amide bonds. The zero-order valence-corrected chi connectivity index (χ0v) is 48.3. The Balaban J connectivity index is 1.67. The van der Waals surface area contributed by atoms with E-state index >= 15 is 4.79 Å². The Hall–Kier alpha value is -7.79. The monoisotopic (exact) mass is 1160 g/mol. The van der Waals surface area contributed by atoms with Gasteiger partial charge in [-0.25, -0.2) is 14.4 Å². The Morgan fingerprint density at radius 3 is 1.80 bits per heavy atom. The van der Waals surface area contributed by atoms with Crippen LogP contribution >= 0.6 is 23.2 Å². The molecule has 1 aliphatic rings. The van der Waals surface area contributed by atoms with Crippen molar-refractivity contribution in [2.24, 2.45) is 11.5 Å². The highest BCUT2D eigenvalue weighted by molar-refractivity contribution is 6.30. The fourth-order valence-electron chi connectivity index (χ4n) is 8.02. The van der Waals surface area contributed by atoms with Crippen LogP contribution in [0.15, 0.2) is 84.9 Å². The minimum absolute atomic E-state index is 0.00705. The van der Waals surface area contributed by atoms with E-state index in [4.69, 9.17) is 58.4 Å². The lowest BCUT2D eigenvalue weighted by molar-refractivity contribution is -0.142. The second-order valence-corrected chi connectivity index (χ2v) is 22.6. The molecule has 81 heavy (non-hydrogen) atoms. The molecule has 0 spiro atoms. The van der Waals surface area contributed by atoms with Gasteiger partial charge in [0.25, 0.3) is 11.8 Å². The summed E-state index contributed by atoms with van der Waals surface area (Å²) in [5, 5.41) is 13.3. The lowest BCUT2D eigenvalue weighted by Crippen LogP contribution is -2.61. The molecular formula is C57H70Cl2N8O14. The summed E-state index contributed by atoms with van der Waals surface area (Å²) in [6, 6.07) is 17.3. The zero-order chi connectivity index (χ0) is 60.1. The average molecular weight is 1160 g/mol. The number of rotatable bonds is 16. The van der Waals surface area contributed by atoms with Crippen LogP contribution in [0.25, 0.3) is 22.3 Å². The summed E-state index contributed by atoms with van der Waals surface area (Å²) in [5.74, 6) is -6.30. The number of ketones is 1. The number of alkyl carbamates (subject to hydrolysis) is 1. The quantitative estimate of drug-likeness (QED) is 0.0149. The van der Waals surface area contributed by atoms with E-state index in [0.717, 1.165) is 16.0 Å². The molecule has 22 nitrogen and oxygen atoms in total. The highest BCUT2D eigenvalue weighted by atomic mass is 35.5. The topological polar surface area (TPSA) is 315 Å². The predicted octanol–water partition coefficient (Wildman–Crippen LogP) is 6.95. The van der Waals surface area contributed by atoms with Gasteiger partial charge in [-0.3, -0.25) is 28.8 Å². The number of carbonyl (C=O) groups excluding carboxylic acids is 9. The van der Waals surface area contributed by atoms with E-state index in [1.54, 1.807) is 98.7 Å². The maximum atomic E-state index is 15.2. The van der Waals surface area contributed by atoms with Gasteiger partial charge in [-0.1, -0.05) is 48.0 Å². The van der Waals surface area contributed by atoms with Gasteiger partial charge in [-0.2, -0.15) is 0 Å². The third-order valence-electron chi connectivity index (χ3n) is 11.7. The van der Waals surface area contributed by atoms with Crippen molar-refractivity contribution in [1.29, 1.82) is 0 Å². The van der Waals surface area contributed by atoms with Gasteiger partial charge >= 0.3 is 18.4 Å². The van der Waals surface area contributed by atoms with Crippen LogP contribution in [0.1, 0.15) is 109 Å². The average Bonchev–Trinajstić information content (AvgIpc) is 3.47. The Labute approximate surface area is 479 Å². The Bertz CT molecular complexity index is 2970. The van der Waals surface area contributed by atoms with Crippen molar-refractivity contribution >= 4 is 76.9 Å². The molecule has 0 saturated heterocycles. The van der Waals surface area contributed by atoms with Crippen LogP contribution in [0.5, 0.6) is 11.5 Å². The molecule has 0 aromatic heterocycles. The summed E-state index contributed by atoms with van der Waals surface area (Å²) in [7, 11) is 1.28. The fraction of sp³-hybridized carbons (Fsp3) is 0.421. The molecule has 5 rings (SSSR count). The third-order valence-corrected chi connectivity index (χ3v) is 12.3. The number of carbonyl (C=O) groups is 9. The van der Waals surface area contributed by atoms with Gasteiger partial charge in [-0.15, -0.1) is 11.6 Å². The van der Waals surface area contributed by atoms with E-state index in [1.165, 1.54) is 43.4 Å². The molecule has 24 heteroatoms. The number of nitrogens with one attached hydrogen (secondary N) is 5. The molecule has 0 aliphatic carbocycles. The van der Waals surface area contributed by atoms with Crippen LogP contribution in [-0.2, 0) is 44.6 Å². The molecule has 0 unspecified atom stereocenters.